The number of hydrogen-bond acceptors (Lipinski definition) is 4. The number of pyridine rings is 1. The highest BCUT2D eigenvalue weighted by Gasteiger charge is 2.35. The molecule has 0 unspecified atom stereocenters. The Hall–Kier alpha value is -1.53. The van der Waals surface area contributed by atoms with E-state index in [9.17, 15) is 9.18 Å². The predicted molar refractivity (Wildman–Crippen MR) is 70.9 cm³/mol. The fourth-order valence-electron chi connectivity index (χ4n) is 2.90. The van der Waals surface area contributed by atoms with E-state index >= 15 is 0 Å². The number of hydrogen-bond donors (Lipinski definition) is 1. The number of nitrogens with one attached hydrogen (secondary N) is 1. The molecule has 3 heterocycles. The molecular formula is C14H18FN3O2. The molecule has 0 aromatic carbocycles. The van der Waals surface area contributed by atoms with Gasteiger partial charge in [0.1, 0.15) is 5.82 Å². The number of carbonyl (C=O) groups is 1. The van der Waals surface area contributed by atoms with Crippen LogP contribution < -0.4 is 5.32 Å². The second-order valence-corrected chi connectivity index (χ2v) is 5.32. The lowest BCUT2D eigenvalue weighted by Crippen LogP contribution is -2.50. The molecule has 2 atom stereocenters. The standard InChI is InChI=1S/C14H18FN3O2/c15-11-5-10(6-16-7-11)14(19)17-12-8-20-9-13(12)18-3-1-2-4-18/h5-7,12-13H,1-4,8-9H2,(H,17,19)/t12-,13-/m0/s1. The van der Waals surface area contributed by atoms with Gasteiger partial charge >= 0.3 is 0 Å². The van der Waals surface area contributed by atoms with E-state index in [0.717, 1.165) is 19.3 Å². The molecule has 1 aromatic rings. The summed E-state index contributed by atoms with van der Waals surface area (Å²) in [5, 5.41) is 2.94. The highest BCUT2D eigenvalue weighted by molar-refractivity contribution is 5.94. The Labute approximate surface area is 117 Å². The lowest BCUT2D eigenvalue weighted by molar-refractivity contribution is 0.0915. The maximum atomic E-state index is 13.1. The Morgan fingerprint density at radius 2 is 2.15 bits per heavy atom. The average molecular weight is 279 g/mol. The Kier molecular flexibility index (Phi) is 3.93. The monoisotopic (exact) mass is 279 g/mol. The number of amides is 1. The smallest absolute Gasteiger partial charge is 0.253 e. The Morgan fingerprint density at radius 3 is 2.90 bits per heavy atom. The maximum Gasteiger partial charge on any atom is 0.253 e. The normalized spacial score (nSPS) is 26.9. The van der Waals surface area contributed by atoms with Crippen LogP contribution >= 0.6 is 0 Å². The number of ether oxygens (including phenoxy) is 1. The van der Waals surface area contributed by atoms with Crippen LogP contribution in [0.15, 0.2) is 18.5 Å². The lowest BCUT2D eigenvalue weighted by atomic mass is 10.1. The van der Waals surface area contributed by atoms with Gasteiger partial charge in [-0.2, -0.15) is 0 Å². The van der Waals surface area contributed by atoms with Crippen LogP contribution in [0.1, 0.15) is 23.2 Å². The molecule has 1 amide bonds. The van der Waals surface area contributed by atoms with Crippen molar-refractivity contribution in [3.63, 3.8) is 0 Å². The Morgan fingerprint density at radius 1 is 1.35 bits per heavy atom. The van der Waals surface area contributed by atoms with E-state index in [0.29, 0.717) is 13.2 Å². The number of halogens is 1. The van der Waals surface area contributed by atoms with Gasteiger partial charge in [0.25, 0.3) is 5.91 Å². The number of carbonyl (C=O) groups excluding carboxylic acids is 1. The molecule has 1 N–H and O–H groups in total. The number of likely N-dealkylation sites (tertiary alicyclic amines) is 1. The van der Waals surface area contributed by atoms with E-state index in [-0.39, 0.29) is 23.6 Å². The van der Waals surface area contributed by atoms with Crippen molar-refractivity contribution in [2.75, 3.05) is 26.3 Å². The van der Waals surface area contributed by atoms with Crippen molar-refractivity contribution in [2.45, 2.75) is 24.9 Å². The van der Waals surface area contributed by atoms with E-state index < -0.39 is 5.82 Å². The van der Waals surface area contributed by atoms with Gasteiger partial charge in [0, 0.05) is 6.20 Å². The molecule has 2 saturated heterocycles. The first-order valence-electron chi connectivity index (χ1n) is 6.97. The number of aromatic nitrogens is 1. The average Bonchev–Trinajstić information content (AvgIpc) is 3.08. The summed E-state index contributed by atoms with van der Waals surface area (Å²) in [5.41, 5.74) is 0.247. The van der Waals surface area contributed by atoms with Crippen LogP contribution in [0.25, 0.3) is 0 Å². The third-order valence-corrected chi connectivity index (χ3v) is 3.94. The molecule has 2 aliphatic heterocycles. The van der Waals surface area contributed by atoms with Crippen LogP contribution in [0.4, 0.5) is 4.39 Å². The summed E-state index contributed by atoms with van der Waals surface area (Å²) in [7, 11) is 0. The van der Waals surface area contributed by atoms with Crippen molar-refractivity contribution < 1.29 is 13.9 Å². The molecule has 1 aromatic heterocycles. The van der Waals surface area contributed by atoms with Crippen molar-refractivity contribution >= 4 is 5.91 Å². The molecule has 3 rings (SSSR count). The largest absolute Gasteiger partial charge is 0.378 e. The topological polar surface area (TPSA) is 54.5 Å². The van der Waals surface area contributed by atoms with Gasteiger partial charge in [0.15, 0.2) is 0 Å². The fourth-order valence-corrected chi connectivity index (χ4v) is 2.90. The second kappa shape index (κ2) is 5.85. The first-order valence-corrected chi connectivity index (χ1v) is 6.97. The Bertz CT molecular complexity index is 491. The zero-order chi connectivity index (χ0) is 13.9. The van der Waals surface area contributed by atoms with E-state index in [1.165, 1.54) is 25.1 Å². The zero-order valence-electron chi connectivity index (χ0n) is 11.2. The van der Waals surface area contributed by atoms with Crippen LogP contribution in [0.2, 0.25) is 0 Å². The van der Waals surface area contributed by atoms with Gasteiger partial charge in [0.05, 0.1) is 37.1 Å². The van der Waals surface area contributed by atoms with Crippen LogP contribution in [0.5, 0.6) is 0 Å². The molecule has 0 saturated carbocycles. The van der Waals surface area contributed by atoms with Gasteiger partial charge in [0.2, 0.25) is 0 Å². The summed E-state index contributed by atoms with van der Waals surface area (Å²) < 4.78 is 18.6. The third-order valence-electron chi connectivity index (χ3n) is 3.94. The predicted octanol–water partition coefficient (Wildman–Crippen LogP) is 0.814. The van der Waals surface area contributed by atoms with Gasteiger partial charge in [-0.25, -0.2) is 4.39 Å². The van der Waals surface area contributed by atoms with E-state index in [1.54, 1.807) is 0 Å². The van der Waals surface area contributed by atoms with Crippen molar-refractivity contribution in [3.05, 3.63) is 29.8 Å². The second-order valence-electron chi connectivity index (χ2n) is 5.32. The van der Waals surface area contributed by atoms with Crippen molar-refractivity contribution in [1.82, 2.24) is 15.2 Å². The first-order chi connectivity index (χ1) is 9.74. The first kappa shape index (κ1) is 13.5. The minimum Gasteiger partial charge on any atom is -0.378 e. The van der Waals surface area contributed by atoms with Gasteiger partial charge in [-0.15, -0.1) is 0 Å². The molecule has 0 aliphatic carbocycles. The summed E-state index contributed by atoms with van der Waals surface area (Å²) in [6, 6.07) is 1.38. The van der Waals surface area contributed by atoms with Crippen LogP contribution in [-0.4, -0.2) is 54.2 Å². The minimum absolute atomic E-state index is 0.0381. The number of nitrogens with zero attached hydrogens (tertiary/aromatic N) is 2. The van der Waals surface area contributed by atoms with Gasteiger partial charge < -0.3 is 10.1 Å². The van der Waals surface area contributed by atoms with Crippen LogP contribution in [0.3, 0.4) is 0 Å². The molecule has 20 heavy (non-hydrogen) atoms. The maximum absolute atomic E-state index is 13.1. The molecule has 5 nitrogen and oxygen atoms in total. The quantitative estimate of drug-likeness (QED) is 0.890. The lowest BCUT2D eigenvalue weighted by Gasteiger charge is -2.27. The Balaban J connectivity index is 1.65. The highest BCUT2D eigenvalue weighted by atomic mass is 19.1. The van der Waals surface area contributed by atoms with Crippen LogP contribution in [0, 0.1) is 5.82 Å². The van der Waals surface area contributed by atoms with Gasteiger partial charge in [-0.1, -0.05) is 0 Å². The summed E-state index contributed by atoms with van der Waals surface area (Å²) in [6.45, 7) is 3.27. The summed E-state index contributed by atoms with van der Waals surface area (Å²) in [6.07, 6.45) is 4.86. The fraction of sp³-hybridized carbons (Fsp3) is 0.571. The van der Waals surface area contributed by atoms with Gasteiger partial charge in [-0.05, 0) is 32.0 Å². The molecule has 108 valence electrons. The van der Waals surface area contributed by atoms with Crippen molar-refractivity contribution in [3.8, 4) is 0 Å². The molecular weight excluding hydrogens is 261 g/mol. The van der Waals surface area contributed by atoms with E-state index in [2.05, 4.69) is 15.2 Å². The molecule has 0 bridgehead atoms. The van der Waals surface area contributed by atoms with Gasteiger partial charge in [-0.3, -0.25) is 14.7 Å². The molecule has 2 aliphatic rings. The van der Waals surface area contributed by atoms with Crippen molar-refractivity contribution in [2.24, 2.45) is 0 Å². The summed E-state index contributed by atoms with van der Waals surface area (Å²) in [4.78, 5) is 18.2. The molecule has 0 spiro atoms. The van der Waals surface area contributed by atoms with E-state index in [4.69, 9.17) is 4.74 Å². The molecule has 2 fully saturated rings. The number of rotatable bonds is 3. The zero-order valence-corrected chi connectivity index (χ0v) is 11.2. The van der Waals surface area contributed by atoms with Crippen molar-refractivity contribution in [1.29, 1.82) is 0 Å². The third kappa shape index (κ3) is 2.81. The SMILES string of the molecule is O=C(N[C@H]1COC[C@@H]1N1CCCC1)c1cncc(F)c1. The molecule has 0 radical (unpaired) electrons. The van der Waals surface area contributed by atoms with E-state index in [1.807, 2.05) is 0 Å². The van der Waals surface area contributed by atoms with Crippen LogP contribution in [-0.2, 0) is 4.74 Å². The summed E-state index contributed by atoms with van der Waals surface area (Å²) >= 11 is 0. The molecule has 6 heteroatoms. The highest BCUT2D eigenvalue weighted by Crippen LogP contribution is 2.19. The summed E-state index contributed by atoms with van der Waals surface area (Å²) in [5.74, 6) is -0.798. The minimum atomic E-state index is -0.503.